The smallest absolute Gasteiger partial charge is 0.191 e. The largest absolute Gasteiger partial charge is 0.497 e. The molecule has 0 saturated carbocycles. The Morgan fingerprint density at radius 1 is 1.25 bits per heavy atom. The summed E-state index contributed by atoms with van der Waals surface area (Å²) in [5.41, 5.74) is 1.10. The summed E-state index contributed by atoms with van der Waals surface area (Å²) in [5, 5.41) is 21.3. The first-order valence-electron chi connectivity index (χ1n) is 9.45. The van der Waals surface area contributed by atoms with E-state index in [1.807, 2.05) is 35.9 Å². The highest BCUT2D eigenvalue weighted by atomic mass is 32.1. The van der Waals surface area contributed by atoms with E-state index in [0.29, 0.717) is 12.5 Å². The van der Waals surface area contributed by atoms with Crippen molar-refractivity contribution in [3.63, 3.8) is 0 Å². The number of methoxy groups -OCH3 is 1. The number of guanidine groups is 1. The minimum atomic E-state index is -0.987. The Kier molecular flexibility index (Phi) is 8.29. The quantitative estimate of drug-likeness (QED) is 0.443. The average molecular weight is 405 g/mol. The number of benzene rings is 1. The number of nitrogens with one attached hydrogen (secondary N) is 2. The lowest BCUT2D eigenvalue weighted by molar-refractivity contribution is 0.0677. The molecule has 2 atom stereocenters. The molecule has 0 amide bonds. The van der Waals surface area contributed by atoms with Crippen LogP contribution in [0.4, 0.5) is 0 Å². The van der Waals surface area contributed by atoms with Crippen LogP contribution in [0.2, 0.25) is 0 Å². The van der Waals surface area contributed by atoms with Gasteiger partial charge in [-0.25, -0.2) is 4.99 Å². The molecule has 0 radical (unpaired) electrons. The highest BCUT2D eigenvalue weighted by molar-refractivity contribution is 7.08. The number of ether oxygens (including phenoxy) is 1. The first kappa shape index (κ1) is 22.2. The van der Waals surface area contributed by atoms with Gasteiger partial charge in [0.2, 0.25) is 0 Å². The first-order chi connectivity index (χ1) is 13.4. The van der Waals surface area contributed by atoms with E-state index in [9.17, 15) is 5.11 Å². The summed E-state index contributed by atoms with van der Waals surface area (Å²) in [6, 6.07) is 10.2. The second kappa shape index (κ2) is 10.5. The number of likely N-dealkylation sites (N-methyl/N-ethyl adjacent to an activating group) is 1. The molecule has 2 unspecified atom stereocenters. The van der Waals surface area contributed by atoms with Gasteiger partial charge in [0.05, 0.1) is 19.7 Å². The Balaban J connectivity index is 2.06. The Bertz CT molecular complexity index is 727. The van der Waals surface area contributed by atoms with Crippen LogP contribution in [-0.2, 0) is 5.60 Å². The van der Waals surface area contributed by atoms with Crippen molar-refractivity contribution in [2.45, 2.75) is 25.5 Å². The maximum Gasteiger partial charge on any atom is 0.191 e. The van der Waals surface area contributed by atoms with Gasteiger partial charge in [-0.15, -0.1) is 0 Å². The van der Waals surface area contributed by atoms with E-state index in [0.717, 1.165) is 17.9 Å². The first-order valence-corrected chi connectivity index (χ1v) is 10.4. The molecular formula is C21H32N4O2S. The van der Waals surface area contributed by atoms with Crippen molar-refractivity contribution in [1.82, 2.24) is 15.5 Å². The van der Waals surface area contributed by atoms with Gasteiger partial charge >= 0.3 is 0 Å². The van der Waals surface area contributed by atoms with Crippen molar-refractivity contribution < 1.29 is 9.84 Å². The number of hydrogen-bond donors (Lipinski definition) is 3. The Morgan fingerprint density at radius 2 is 1.96 bits per heavy atom. The number of nitrogens with zero attached hydrogens (tertiary/aromatic N) is 2. The molecule has 2 aromatic rings. The lowest BCUT2D eigenvalue weighted by Gasteiger charge is -2.26. The van der Waals surface area contributed by atoms with Crippen molar-refractivity contribution in [2.24, 2.45) is 4.99 Å². The minimum absolute atomic E-state index is 0.173. The lowest BCUT2D eigenvalue weighted by atomic mass is 10.00. The van der Waals surface area contributed by atoms with Crippen LogP contribution in [0.25, 0.3) is 0 Å². The number of aliphatic imine (C=N–C) groups is 1. The summed E-state index contributed by atoms with van der Waals surface area (Å²) in [7, 11) is 5.79. The molecule has 0 fully saturated rings. The summed E-state index contributed by atoms with van der Waals surface area (Å²) in [5.74, 6) is 1.54. The van der Waals surface area contributed by atoms with Crippen LogP contribution >= 0.6 is 11.3 Å². The van der Waals surface area contributed by atoms with E-state index in [1.165, 1.54) is 5.56 Å². The SMILES string of the molecule is CCNC(=NCC(C)(O)c1ccsc1)NCC(c1ccc(OC)cc1)N(C)C. The Labute approximate surface area is 172 Å². The highest BCUT2D eigenvalue weighted by Gasteiger charge is 2.23. The van der Waals surface area contributed by atoms with Gasteiger partial charge in [0.15, 0.2) is 5.96 Å². The van der Waals surface area contributed by atoms with Gasteiger partial charge in [0, 0.05) is 13.1 Å². The van der Waals surface area contributed by atoms with Gasteiger partial charge in [-0.2, -0.15) is 11.3 Å². The van der Waals surface area contributed by atoms with Crippen LogP contribution in [-0.4, -0.2) is 56.8 Å². The second-order valence-corrected chi connectivity index (χ2v) is 7.89. The maximum atomic E-state index is 10.7. The second-order valence-electron chi connectivity index (χ2n) is 7.11. The third kappa shape index (κ3) is 6.22. The number of thiophene rings is 1. The number of aliphatic hydroxyl groups is 1. The fraction of sp³-hybridized carbons (Fsp3) is 0.476. The third-order valence-corrected chi connectivity index (χ3v) is 5.30. The molecule has 0 bridgehead atoms. The molecule has 0 spiro atoms. The van der Waals surface area contributed by atoms with E-state index >= 15 is 0 Å². The number of hydrogen-bond acceptors (Lipinski definition) is 5. The molecule has 0 aliphatic carbocycles. The van der Waals surface area contributed by atoms with Gasteiger partial charge in [0.25, 0.3) is 0 Å². The van der Waals surface area contributed by atoms with Crippen LogP contribution in [0.5, 0.6) is 5.75 Å². The van der Waals surface area contributed by atoms with Gasteiger partial charge in [-0.05, 0) is 68.0 Å². The molecule has 0 aliphatic heterocycles. The minimum Gasteiger partial charge on any atom is -0.497 e. The standard InChI is InChI=1S/C21H32N4O2S/c1-6-22-20(24-15-21(2,26)17-11-12-28-14-17)23-13-19(25(3)4)16-7-9-18(27-5)10-8-16/h7-12,14,19,26H,6,13,15H2,1-5H3,(H2,22,23,24). The van der Waals surface area contributed by atoms with Gasteiger partial charge in [-0.1, -0.05) is 12.1 Å². The molecule has 6 nitrogen and oxygen atoms in total. The van der Waals surface area contributed by atoms with E-state index in [-0.39, 0.29) is 12.6 Å². The molecule has 2 rings (SSSR count). The zero-order valence-electron chi connectivity index (χ0n) is 17.4. The van der Waals surface area contributed by atoms with E-state index in [1.54, 1.807) is 25.4 Å². The van der Waals surface area contributed by atoms with E-state index in [2.05, 4.69) is 46.8 Å². The molecule has 0 aliphatic rings. The summed E-state index contributed by atoms with van der Waals surface area (Å²) in [4.78, 5) is 6.77. The van der Waals surface area contributed by atoms with Crippen LogP contribution in [0, 0.1) is 0 Å². The van der Waals surface area contributed by atoms with Crippen molar-refractivity contribution >= 4 is 17.3 Å². The van der Waals surface area contributed by atoms with E-state index in [4.69, 9.17) is 4.74 Å². The predicted octanol–water partition coefficient (Wildman–Crippen LogP) is 2.82. The van der Waals surface area contributed by atoms with Gasteiger partial charge in [-0.3, -0.25) is 0 Å². The van der Waals surface area contributed by atoms with Crippen LogP contribution in [0.15, 0.2) is 46.1 Å². The highest BCUT2D eigenvalue weighted by Crippen LogP contribution is 2.23. The van der Waals surface area contributed by atoms with E-state index < -0.39 is 5.60 Å². The van der Waals surface area contributed by atoms with Crippen LogP contribution in [0.1, 0.15) is 31.0 Å². The summed E-state index contributed by atoms with van der Waals surface area (Å²) >= 11 is 1.57. The normalized spacial score (nSPS) is 15.2. The molecule has 0 saturated heterocycles. The predicted molar refractivity (Wildman–Crippen MR) is 117 cm³/mol. The molecular weight excluding hydrogens is 372 g/mol. The summed E-state index contributed by atoms with van der Waals surface area (Å²) < 4.78 is 5.25. The summed E-state index contributed by atoms with van der Waals surface area (Å²) in [6.07, 6.45) is 0. The molecule has 28 heavy (non-hydrogen) atoms. The Morgan fingerprint density at radius 3 is 2.50 bits per heavy atom. The number of rotatable bonds is 9. The molecule has 1 heterocycles. The molecule has 154 valence electrons. The fourth-order valence-electron chi connectivity index (χ4n) is 2.85. The van der Waals surface area contributed by atoms with Crippen molar-refractivity contribution in [1.29, 1.82) is 0 Å². The topological polar surface area (TPSA) is 69.1 Å². The van der Waals surface area contributed by atoms with Crippen molar-refractivity contribution in [3.05, 3.63) is 52.2 Å². The fourth-order valence-corrected chi connectivity index (χ4v) is 3.64. The van der Waals surface area contributed by atoms with Crippen LogP contribution < -0.4 is 15.4 Å². The molecule has 1 aromatic carbocycles. The molecule has 1 aromatic heterocycles. The Hall–Kier alpha value is -2.09. The van der Waals surface area contributed by atoms with Crippen molar-refractivity contribution in [2.75, 3.05) is 40.8 Å². The maximum absolute atomic E-state index is 10.7. The van der Waals surface area contributed by atoms with Gasteiger partial charge in [0.1, 0.15) is 11.4 Å². The zero-order chi connectivity index (χ0) is 20.6. The summed E-state index contributed by atoms with van der Waals surface area (Å²) in [6.45, 7) is 5.55. The third-order valence-electron chi connectivity index (χ3n) is 4.62. The molecule has 3 N–H and O–H groups in total. The van der Waals surface area contributed by atoms with Crippen LogP contribution in [0.3, 0.4) is 0 Å². The zero-order valence-corrected chi connectivity index (χ0v) is 18.2. The average Bonchev–Trinajstić information content (AvgIpc) is 3.22. The van der Waals surface area contributed by atoms with Gasteiger partial charge < -0.3 is 25.4 Å². The lowest BCUT2D eigenvalue weighted by Crippen LogP contribution is -2.42. The monoisotopic (exact) mass is 404 g/mol. The molecule has 7 heteroatoms. The van der Waals surface area contributed by atoms with Crippen molar-refractivity contribution in [3.8, 4) is 5.75 Å².